The molecule has 0 aliphatic carbocycles. The third-order valence-electron chi connectivity index (χ3n) is 3.35. The zero-order valence-electron chi connectivity index (χ0n) is 15.3. The van der Waals surface area contributed by atoms with Gasteiger partial charge in [0.25, 0.3) is 5.91 Å². The fourth-order valence-corrected chi connectivity index (χ4v) is 2.22. The predicted octanol–water partition coefficient (Wildman–Crippen LogP) is 4.49. The number of anilines is 2. The maximum atomic E-state index is 12.4. The lowest BCUT2D eigenvalue weighted by molar-refractivity contribution is 0.0635. The fraction of sp³-hybridized carbons (Fsp3) is 0.250. The van der Waals surface area contributed by atoms with Crippen LogP contribution in [0.5, 0.6) is 0 Å². The summed E-state index contributed by atoms with van der Waals surface area (Å²) < 4.78 is 5.17. The first kappa shape index (κ1) is 19.2. The Labute approximate surface area is 152 Å². The van der Waals surface area contributed by atoms with Gasteiger partial charge in [-0.1, -0.05) is 12.1 Å². The second kappa shape index (κ2) is 7.82. The Hall–Kier alpha value is -3.15. The van der Waals surface area contributed by atoms with E-state index in [1.807, 2.05) is 0 Å². The van der Waals surface area contributed by atoms with Crippen LogP contribution in [0.2, 0.25) is 0 Å². The number of amides is 2. The van der Waals surface area contributed by atoms with Crippen molar-refractivity contribution in [3.05, 3.63) is 59.7 Å². The van der Waals surface area contributed by atoms with Gasteiger partial charge in [0.1, 0.15) is 5.60 Å². The molecule has 0 aromatic heterocycles. The second-order valence-corrected chi connectivity index (χ2v) is 6.76. The number of ether oxygens (including phenoxy) is 1. The number of nitrogens with one attached hydrogen (secondary N) is 2. The van der Waals surface area contributed by atoms with Crippen molar-refractivity contribution in [2.45, 2.75) is 33.3 Å². The van der Waals surface area contributed by atoms with E-state index in [2.05, 4.69) is 10.6 Å². The van der Waals surface area contributed by atoms with Gasteiger partial charge in [-0.25, -0.2) is 4.79 Å². The smallest absolute Gasteiger partial charge is 0.412 e. The average Bonchev–Trinajstić information content (AvgIpc) is 2.54. The van der Waals surface area contributed by atoms with E-state index in [4.69, 9.17) is 4.74 Å². The molecule has 2 aromatic carbocycles. The number of hydrogen-bond acceptors (Lipinski definition) is 4. The minimum absolute atomic E-state index is 0.127. The fourth-order valence-electron chi connectivity index (χ4n) is 2.22. The molecule has 0 bridgehead atoms. The summed E-state index contributed by atoms with van der Waals surface area (Å²) in [5.41, 5.74) is 1.23. The van der Waals surface area contributed by atoms with Crippen LogP contribution in [0.4, 0.5) is 16.2 Å². The van der Waals surface area contributed by atoms with Gasteiger partial charge in [-0.05, 0) is 64.1 Å². The van der Waals surface area contributed by atoms with Crippen molar-refractivity contribution < 1.29 is 19.1 Å². The molecule has 0 spiro atoms. The third-order valence-corrected chi connectivity index (χ3v) is 3.35. The van der Waals surface area contributed by atoms with Gasteiger partial charge < -0.3 is 10.1 Å². The van der Waals surface area contributed by atoms with Crippen molar-refractivity contribution in [1.29, 1.82) is 0 Å². The summed E-state index contributed by atoms with van der Waals surface area (Å²) >= 11 is 0. The lowest BCUT2D eigenvalue weighted by atomic mass is 10.1. The minimum atomic E-state index is -0.589. The van der Waals surface area contributed by atoms with Crippen molar-refractivity contribution in [3.8, 4) is 0 Å². The number of hydrogen-bond donors (Lipinski definition) is 2. The van der Waals surface area contributed by atoms with Gasteiger partial charge in [-0.2, -0.15) is 0 Å². The molecule has 0 saturated carbocycles. The van der Waals surface area contributed by atoms with Gasteiger partial charge in [-0.15, -0.1) is 0 Å². The number of para-hydroxylation sites is 1. The lowest BCUT2D eigenvalue weighted by Gasteiger charge is -2.19. The number of ketones is 1. The molecule has 2 rings (SSSR count). The van der Waals surface area contributed by atoms with Gasteiger partial charge in [0.2, 0.25) is 0 Å². The minimum Gasteiger partial charge on any atom is -0.444 e. The number of carbonyl (C=O) groups is 3. The Morgan fingerprint density at radius 3 is 2.08 bits per heavy atom. The van der Waals surface area contributed by atoms with Gasteiger partial charge >= 0.3 is 6.09 Å². The molecule has 2 N–H and O–H groups in total. The van der Waals surface area contributed by atoms with Crippen LogP contribution in [-0.2, 0) is 4.74 Å². The van der Waals surface area contributed by atoms with Crippen LogP contribution >= 0.6 is 0 Å². The summed E-state index contributed by atoms with van der Waals surface area (Å²) in [6.07, 6.45) is -0.565. The monoisotopic (exact) mass is 354 g/mol. The Morgan fingerprint density at radius 2 is 1.50 bits per heavy atom. The van der Waals surface area contributed by atoms with Gasteiger partial charge in [-0.3, -0.25) is 14.9 Å². The average molecular weight is 354 g/mol. The number of benzene rings is 2. The van der Waals surface area contributed by atoms with Crippen molar-refractivity contribution >= 4 is 29.2 Å². The molecule has 0 saturated heterocycles. The third kappa shape index (κ3) is 5.44. The highest BCUT2D eigenvalue weighted by Crippen LogP contribution is 2.18. The number of carbonyl (C=O) groups excluding carboxylic acids is 3. The highest BCUT2D eigenvalue weighted by atomic mass is 16.6. The largest absolute Gasteiger partial charge is 0.444 e. The van der Waals surface area contributed by atoms with Crippen molar-refractivity contribution in [1.82, 2.24) is 0 Å². The molecule has 6 heteroatoms. The number of Topliss-reactive ketones (excluding diaryl/α,β-unsaturated/α-hetero) is 1. The molecule has 0 unspecified atom stereocenters. The van der Waals surface area contributed by atoms with Crippen LogP contribution in [-0.4, -0.2) is 23.4 Å². The van der Waals surface area contributed by atoms with Crippen molar-refractivity contribution in [3.63, 3.8) is 0 Å². The highest BCUT2D eigenvalue weighted by molar-refractivity contribution is 6.09. The lowest BCUT2D eigenvalue weighted by Crippen LogP contribution is -2.27. The molecule has 26 heavy (non-hydrogen) atoms. The molecular formula is C20H22N2O4. The highest BCUT2D eigenvalue weighted by Gasteiger charge is 2.16. The van der Waals surface area contributed by atoms with E-state index >= 15 is 0 Å². The maximum Gasteiger partial charge on any atom is 0.412 e. The molecule has 0 heterocycles. The second-order valence-electron chi connectivity index (χ2n) is 6.76. The van der Waals surface area contributed by atoms with Crippen LogP contribution in [0.1, 0.15) is 48.4 Å². The quantitative estimate of drug-likeness (QED) is 0.792. The molecule has 0 aliphatic heterocycles. The molecule has 0 radical (unpaired) electrons. The van der Waals surface area contributed by atoms with Crippen molar-refractivity contribution in [2.24, 2.45) is 0 Å². The summed E-state index contributed by atoms with van der Waals surface area (Å²) in [5, 5.41) is 5.33. The summed E-state index contributed by atoms with van der Waals surface area (Å²) in [6.45, 7) is 6.78. The van der Waals surface area contributed by atoms with Crippen LogP contribution in [0, 0.1) is 0 Å². The molecule has 0 atom stereocenters. The van der Waals surface area contributed by atoms with E-state index in [1.54, 1.807) is 69.3 Å². The molecule has 136 valence electrons. The van der Waals surface area contributed by atoms with E-state index < -0.39 is 11.7 Å². The first-order valence-electron chi connectivity index (χ1n) is 8.17. The van der Waals surface area contributed by atoms with Gasteiger partial charge in [0, 0.05) is 16.8 Å². The van der Waals surface area contributed by atoms with Crippen LogP contribution in [0.3, 0.4) is 0 Å². The Bertz CT molecular complexity index is 820. The topological polar surface area (TPSA) is 84.5 Å². The van der Waals surface area contributed by atoms with E-state index in [1.165, 1.54) is 6.92 Å². The van der Waals surface area contributed by atoms with Crippen LogP contribution in [0.15, 0.2) is 48.5 Å². The molecule has 6 nitrogen and oxygen atoms in total. The maximum absolute atomic E-state index is 12.4. The Balaban J connectivity index is 2.05. The SMILES string of the molecule is CC(=O)c1ccccc1NC(=O)c1ccc(NC(=O)OC(C)(C)C)cc1. The van der Waals surface area contributed by atoms with Gasteiger partial charge in [0.15, 0.2) is 5.78 Å². The molecule has 2 aromatic rings. The molecule has 0 fully saturated rings. The zero-order chi connectivity index (χ0) is 19.3. The van der Waals surface area contributed by atoms with E-state index in [-0.39, 0.29) is 11.7 Å². The van der Waals surface area contributed by atoms with E-state index in [0.717, 1.165) is 0 Å². The standard InChI is InChI=1S/C20H22N2O4/c1-13(23)16-7-5-6-8-17(16)22-18(24)14-9-11-15(12-10-14)21-19(25)26-20(2,3)4/h5-12H,1-4H3,(H,21,25)(H,22,24). The first-order chi connectivity index (χ1) is 12.2. The summed E-state index contributed by atoms with van der Waals surface area (Å²) in [7, 11) is 0. The Morgan fingerprint density at radius 1 is 0.885 bits per heavy atom. The Kier molecular flexibility index (Phi) is 5.77. The molecule has 0 aliphatic rings. The molecular weight excluding hydrogens is 332 g/mol. The normalized spacial score (nSPS) is 10.8. The van der Waals surface area contributed by atoms with Crippen molar-refractivity contribution in [2.75, 3.05) is 10.6 Å². The summed E-state index contributed by atoms with van der Waals surface area (Å²) in [4.78, 5) is 35.7. The summed E-state index contributed by atoms with van der Waals surface area (Å²) in [5.74, 6) is -0.472. The van der Waals surface area contributed by atoms with E-state index in [0.29, 0.717) is 22.5 Å². The first-order valence-corrected chi connectivity index (χ1v) is 8.17. The number of rotatable bonds is 4. The zero-order valence-corrected chi connectivity index (χ0v) is 15.3. The van der Waals surface area contributed by atoms with Crippen LogP contribution in [0.25, 0.3) is 0 Å². The van der Waals surface area contributed by atoms with E-state index in [9.17, 15) is 14.4 Å². The van der Waals surface area contributed by atoms with Gasteiger partial charge in [0.05, 0.1) is 5.69 Å². The van der Waals surface area contributed by atoms with Crippen LogP contribution < -0.4 is 10.6 Å². The predicted molar refractivity (Wildman–Crippen MR) is 101 cm³/mol. The summed E-state index contributed by atoms with van der Waals surface area (Å²) in [6, 6.07) is 13.2. The molecule has 2 amide bonds.